The zero-order chi connectivity index (χ0) is 17.6. The van der Waals surface area contributed by atoms with E-state index in [1.807, 2.05) is 18.2 Å². The van der Waals surface area contributed by atoms with Crippen LogP contribution in [0.25, 0.3) is 22.3 Å². The molecule has 130 valence electrons. The van der Waals surface area contributed by atoms with E-state index < -0.39 is 0 Å². The van der Waals surface area contributed by atoms with Crippen molar-refractivity contribution in [3.63, 3.8) is 0 Å². The van der Waals surface area contributed by atoms with Gasteiger partial charge in [0, 0.05) is 41.2 Å². The third kappa shape index (κ3) is 2.58. The summed E-state index contributed by atoms with van der Waals surface area (Å²) in [5.74, 6) is 0.183. The topological polar surface area (TPSA) is 85.3 Å². The highest BCUT2D eigenvalue weighted by molar-refractivity contribution is 5.86. The molecular weight excluding hydrogens is 316 g/mol. The molecule has 25 heavy (non-hydrogen) atoms. The first kappa shape index (κ1) is 16.1. The Hall–Kier alpha value is -2.44. The lowest BCUT2D eigenvalue weighted by molar-refractivity contribution is 0.0878. The van der Waals surface area contributed by atoms with Crippen LogP contribution in [0.15, 0.2) is 30.3 Å². The van der Waals surface area contributed by atoms with Crippen molar-refractivity contribution in [3.05, 3.63) is 41.6 Å². The molecule has 6 heteroatoms. The predicted molar refractivity (Wildman–Crippen MR) is 96.4 cm³/mol. The van der Waals surface area contributed by atoms with E-state index in [9.17, 15) is 10.2 Å². The highest BCUT2D eigenvalue weighted by Gasteiger charge is 2.32. The lowest BCUT2D eigenvalue weighted by Gasteiger charge is -2.37. The minimum atomic E-state index is -0.0566. The van der Waals surface area contributed by atoms with Crippen molar-refractivity contribution >= 4 is 11.0 Å². The molecule has 1 aliphatic heterocycles. The lowest BCUT2D eigenvalue weighted by Crippen LogP contribution is -2.41. The molecule has 1 atom stereocenters. The monoisotopic (exact) mass is 338 g/mol. The number of aromatic amines is 1. The molecule has 0 fully saturated rings. The Morgan fingerprint density at radius 1 is 1.28 bits per heavy atom. The molecule has 4 rings (SSSR count). The van der Waals surface area contributed by atoms with Gasteiger partial charge in [0.1, 0.15) is 5.75 Å². The third-order valence-corrected chi connectivity index (χ3v) is 5.05. The van der Waals surface area contributed by atoms with Crippen molar-refractivity contribution in [2.75, 3.05) is 13.2 Å². The van der Waals surface area contributed by atoms with E-state index in [2.05, 4.69) is 33.9 Å². The number of aliphatic hydroxyl groups is 1. The maximum Gasteiger partial charge on any atom is 0.160 e. The largest absolute Gasteiger partial charge is 0.507 e. The summed E-state index contributed by atoms with van der Waals surface area (Å²) in [5.41, 5.74) is 4.24. The van der Waals surface area contributed by atoms with E-state index in [1.165, 1.54) is 0 Å². The zero-order valence-corrected chi connectivity index (χ0v) is 14.4. The van der Waals surface area contributed by atoms with Gasteiger partial charge in [0.15, 0.2) is 5.65 Å². The number of hydrogen-bond donors (Lipinski definition) is 3. The molecule has 0 spiro atoms. The van der Waals surface area contributed by atoms with Crippen LogP contribution in [0.2, 0.25) is 0 Å². The number of aliphatic hydroxyl groups excluding tert-OH is 1. The summed E-state index contributed by atoms with van der Waals surface area (Å²) in [6, 6.07) is 9.37. The molecule has 1 aliphatic rings. The molecule has 3 aromatic rings. The van der Waals surface area contributed by atoms with Crippen LogP contribution in [0, 0.1) is 0 Å². The average Bonchev–Trinajstić information content (AvgIpc) is 2.99. The summed E-state index contributed by atoms with van der Waals surface area (Å²) >= 11 is 0. The van der Waals surface area contributed by atoms with E-state index in [1.54, 1.807) is 12.1 Å². The smallest absolute Gasteiger partial charge is 0.160 e. The van der Waals surface area contributed by atoms with Gasteiger partial charge in [0.25, 0.3) is 0 Å². The summed E-state index contributed by atoms with van der Waals surface area (Å²) < 4.78 is 0. The lowest BCUT2D eigenvalue weighted by atomic mass is 9.95. The van der Waals surface area contributed by atoms with Crippen LogP contribution in [-0.4, -0.2) is 49.5 Å². The Morgan fingerprint density at radius 3 is 2.80 bits per heavy atom. The second-order valence-corrected chi connectivity index (χ2v) is 6.81. The Balaban J connectivity index is 1.89. The number of nitrogens with one attached hydrogen (secondary N) is 1. The van der Waals surface area contributed by atoms with Gasteiger partial charge in [-0.25, -0.2) is 0 Å². The number of benzene rings is 1. The number of H-pyrrole nitrogens is 1. The number of rotatable bonds is 3. The summed E-state index contributed by atoms with van der Waals surface area (Å²) in [6.45, 7) is 5.26. The molecule has 0 aliphatic carbocycles. The van der Waals surface area contributed by atoms with Crippen LogP contribution in [0.4, 0.5) is 0 Å². The van der Waals surface area contributed by atoms with Gasteiger partial charge in [0.05, 0.1) is 18.3 Å². The normalized spacial score (nSPS) is 18.0. The molecule has 0 saturated carbocycles. The van der Waals surface area contributed by atoms with Gasteiger partial charge >= 0.3 is 0 Å². The molecule has 1 unspecified atom stereocenters. The second-order valence-electron chi connectivity index (χ2n) is 6.81. The van der Waals surface area contributed by atoms with Crippen LogP contribution in [0.1, 0.15) is 31.1 Å². The van der Waals surface area contributed by atoms with Gasteiger partial charge in [-0.3, -0.25) is 4.90 Å². The van der Waals surface area contributed by atoms with Gasteiger partial charge in [-0.05, 0) is 32.0 Å². The van der Waals surface area contributed by atoms with Crippen LogP contribution in [0.5, 0.6) is 5.75 Å². The first-order chi connectivity index (χ1) is 12.1. The van der Waals surface area contributed by atoms with Gasteiger partial charge in [0.2, 0.25) is 0 Å². The van der Waals surface area contributed by atoms with Crippen LogP contribution < -0.4 is 0 Å². The molecule has 0 radical (unpaired) electrons. The minimum absolute atomic E-state index is 0.0566. The van der Waals surface area contributed by atoms with Crippen molar-refractivity contribution in [2.45, 2.75) is 32.4 Å². The average molecular weight is 338 g/mol. The zero-order valence-electron chi connectivity index (χ0n) is 14.4. The fourth-order valence-electron chi connectivity index (χ4n) is 3.84. The first-order valence-electron chi connectivity index (χ1n) is 8.63. The fraction of sp³-hybridized carbons (Fsp3) is 0.368. The summed E-state index contributed by atoms with van der Waals surface area (Å²) in [6.07, 6.45) is 0.895. The van der Waals surface area contributed by atoms with Crippen molar-refractivity contribution in [3.8, 4) is 17.0 Å². The van der Waals surface area contributed by atoms with Crippen LogP contribution in [0.3, 0.4) is 0 Å². The molecule has 6 nitrogen and oxygen atoms in total. The van der Waals surface area contributed by atoms with Gasteiger partial charge < -0.3 is 15.2 Å². The van der Waals surface area contributed by atoms with Crippen molar-refractivity contribution in [2.24, 2.45) is 0 Å². The molecule has 0 bridgehead atoms. The maximum absolute atomic E-state index is 10.1. The summed E-state index contributed by atoms with van der Waals surface area (Å²) in [5, 5.41) is 29.7. The number of phenols is 1. The van der Waals surface area contributed by atoms with Crippen LogP contribution >= 0.6 is 0 Å². The Kier molecular flexibility index (Phi) is 3.94. The number of para-hydroxylation sites is 1. The van der Waals surface area contributed by atoms with Crippen molar-refractivity contribution < 1.29 is 10.2 Å². The second kappa shape index (κ2) is 6.13. The van der Waals surface area contributed by atoms with E-state index >= 15 is 0 Å². The number of hydrogen-bond acceptors (Lipinski definition) is 5. The van der Waals surface area contributed by atoms with Gasteiger partial charge in [-0.2, -0.15) is 0 Å². The number of phenolic OH excluding ortho intramolecular Hbond substituents is 1. The standard InChI is InChI=1S/C19H22N4O2/c1-11(2)23-8-7-14-18(16(23)10-24)13-9-15(21-22-19(13)20-14)12-5-3-4-6-17(12)25/h3-6,9,11,16,24-25H,7-8,10H2,1-2H3,(H,20,22). The Labute approximate surface area is 146 Å². The van der Waals surface area contributed by atoms with Crippen molar-refractivity contribution in [1.82, 2.24) is 20.1 Å². The molecule has 3 N–H and O–H groups in total. The molecule has 0 amide bonds. The number of aromatic nitrogens is 3. The summed E-state index contributed by atoms with van der Waals surface area (Å²) in [4.78, 5) is 5.67. The molecule has 2 aromatic heterocycles. The number of aromatic hydroxyl groups is 1. The molecule has 1 aromatic carbocycles. The van der Waals surface area contributed by atoms with E-state index in [0.29, 0.717) is 17.3 Å². The third-order valence-electron chi connectivity index (χ3n) is 5.05. The SMILES string of the molecule is CC(C)N1CCc2[nH]c3nnc(-c4ccccc4O)cc3c2C1CO. The molecule has 3 heterocycles. The highest BCUT2D eigenvalue weighted by atomic mass is 16.3. The van der Waals surface area contributed by atoms with E-state index in [4.69, 9.17) is 0 Å². The molecular formula is C19H22N4O2. The highest BCUT2D eigenvalue weighted by Crippen LogP contribution is 2.37. The minimum Gasteiger partial charge on any atom is -0.507 e. The predicted octanol–water partition coefficient (Wildman–Crippen LogP) is 2.63. The maximum atomic E-state index is 10.1. The first-order valence-corrected chi connectivity index (χ1v) is 8.63. The fourth-order valence-corrected chi connectivity index (χ4v) is 3.84. The number of fused-ring (bicyclic) bond motifs is 3. The van der Waals surface area contributed by atoms with Crippen molar-refractivity contribution in [1.29, 1.82) is 0 Å². The number of nitrogens with zero attached hydrogens (tertiary/aromatic N) is 3. The quantitative estimate of drug-likeness (QED) is 0.683. The van der Waals surface area contributed by atoms with Crippen LogP contribution in [-0.2, 0) is 6.42 Å². The Morgan fingerprint density at radius 2 is 2.08 bits per heavy atom. The van der Waals surface area contributed by atoms with Gasteiger partial charge in [-0.15, -0.1) is 10.2 Å². The Bertz CT molecular complexity index is 919. The summed E-state index contributed by atoms with van der Waals surface area (Å²) in [7, 11) is 0. The van der Waals surface area contributed by atoms with E-state index in [0.717, 1.165) is 35.3 Å². The van der Waals surface area contributed by atoms with Gasteiger partial charge in [-0.1, -0.05) is 12.1 Å². The van der Waals surface area contributed by atoms with E-state index in [-0.39, 0.29) is 18.4 Å². The molecule has 0 saturated heterocycles.